The van der Waals surface area contributed by atoms with E-state index in [-0.39, 0.29) is 5.91 Å². The zero-order valence-electron chi connectivity index (χ0n) is 14.8. The zero-order valence-corrected chi connectivity index (χ0v) is 17.1. The summed E-state index contributed by atoms with van der Waals surface area (Å²) in [6, 6.07) is 13.8. The van der Waals surface area contributed by atoms with Gasteiger partial charge in [-0.2, -0.15) is 0 Å². The van der Waals surface area contributed by atoms with Crippen molar-refractivity contribution in [1.29, 1.82) is 0 Å². The van der Waals surface area contributed by atoms with Gasteiger partial charge in [0.1, 0.15) is 0 Å². The second-order valence-electron chi connectivity index (χ2n) is 6.64. The highest BCUT2D eigenvalue weighted by Crippen LogP contribution is 2.27. The van der Waals surface area contributed by atoms with Crippen LogP contribution in [0.1, 0.15) is 24.8 Å². The number of carbonyl (C=O) groups is 1. The smallest absolute Gasteiger partial charge is 0.222 e. The topological polar surface area (TPSA) is 54.5 Å². The van der Waals surface area contributed by atoms with Gasteiger partial charge in [-0.3, -0.25) is 4.79 Å². The Morgan fingerprint density at radius 2 is 1.56 bits per heavy atom. The van der Waals surface area contributed by atoms with Gasteiger partial charge in [-0.15, -0.1) is 0 Å². The summed E-state index contributed by atoms with van der Waals surface area (Å²) in [4.78, 5) is 14.6. The average Bonchev–Trinajstić information content (AvgIpc) is 2.68. The van der Waals surface area contributed by atoms with Gasteiger partial charge in [0.05, 0.1) is 10.1 Å². The molecule has 0 radical (unpaired) electrons. The number of amides is 1. The number of piperidine rings is 1. The minimum Gasteiger partial charge on any atom is -0.343 e. The molecule has 0 aromatic heterocycles. The van der Waals surface area contributed by atoms with Crippen LogP contribution in [0.4, 0.5) is 0 Å². The first-order chi connectivity index (χ1) is 12.9. The van der Waals surface area contributed by atoms with Crippen LogP contribution >= 0.6 is 23.2 Å². The molecule has 144 valence electrons. The van der Waals surface area contributed by atoms with Crippen LogP contribution < -0.4 is 0 Å². The maximum atomic E-state index is 12.7. The summed E-state index contributed by atoms with van der Waals surface area (Å²) in [5.74, 6) is 0.00143. The number of likely N-dealkylation sites (tertiary alicyclic amines) is 1. The molecule has 1 aliphatic heterocycles. The summed E-state index contributed by atoms with van der Waals surface area (Å²) < 4.78 is 25.4. The van der Waals surface area contributed by atoms with Crippen molar-refractivity contribution in [2.75, 3.05) is 13.1 Å². The number of sulfone groups is 1. The molecule has 27 heavy (non-hydrogen) atoms. The van der Waals surface area contributed by atoms with Crippen molar-refractivity contribution in [2.45, 2.75) is 35.8 Å². The first-order valence-electron chi connectivity index (χ1n) is 8.89. The quantitative estimate of drug-likeness (QED) is 0.713. The number of carbonyl (C=O) groups excluding carboxylic acids is 1. The minimum atomic E-state index is -3.35. The highest BCUT2D eigenvalue weighted by Gasteiger charge is 2.32. The van der Waals surface area contributed by atoms with Crippen molar-refractivity contribution in [3.05, 3.63) is 64.1 Å². The summed E-state index contributed by atoms with van der Waals surface area (Å²) in [6.45, 7) is 0.900. The fraction of sp³-hybridized carbons (Fsp3) is 0.350. The van der Waals surface area contributed by atoms with Crippen molar-refractivity contribution in [2.24, 2.45) is 0 Å². The number of halogens is 2. The summed E-state index contributed by atoms with van der Waals surface area (Å²) in [5, 5.41) is 0.674. The number of hydrogen-bond acceptors (Lipinski definition) is 3. The van der Waals surface area contributed by atoms with Crippen molar-refractivity contribution in [3.8, 4) is 0 Å². The van der Waals surface area contributed by atoms with Crippen molar-refractivity contribution >= 4 is 38.9 Å². The van der Waals surface area contributed by atoms with Gasteiger partial charge in [0.2, 0.25) is 5.91 Å². The van der Waals surface area contributed by atoms with Gasteiger partial charge in [0, 0.05) is 29.6 Å². The van der Waals surface area contributed by atoms with Crippen LogP contribution in [0, 0.1) is 0 Å². The summed E-state index contributed by atoms with van der Waals surface area (Å²) in [7, 11) is -3.35. The third-order valence-corrected chi connectivity index (χ3v) is 7.94. The van der Waals surface area contributed by atoms with Crippen LogP contribution in [0.5, 0.6) is 0 Å². The molecule has 1 fully saturated rings. The van der Waals surface area contributed by atoms with E-state index in [4.69, 9.17) is 23.2 Å². The molecule has 4 nitrogen and oxygen atoms in total. The molecule has 0 unspecified atom stereocenters. The predicted octanol–water partition coefficient (Wildman–Crippen LogP) is 4.39. The number of benzene rings is 2. The maximum Gasteiger partial charge on any atom is 0.222 e. The van der Waals surface area contributed by atoms with Gasteiger partial charge in [-0.05, 0) is 49.1 Å². The molecule has 3 rings (SSSR count). The third kappa shape index (κ3) is 4.65. The van der Waals surface area contributed by atoms with Gasteiger partial charge in [0.15, 0.2) is 9.84 Å². The highest BCUT2D eigenvalue weighted by atomic mass is 35.5. The average molecular weight is 426 g/mol. The lowest BCUT2D eigenvalue weighted by atomic mass is 10.1. The Morgan fingerprint density at radius 3 is 2.15 bits per heavy atom. The lowest BCUT2D eigenvalue weighted by Crippen LogP contribution is -2.42. The summed E-state index contributed by atoms with van der Waals surface area (Å²) in [5.41, 5.74) is 0.774. The monoisotopic (exact) mass is 425 g/mol. The minimum absolute atomic E-state index is 0.00143. The fourth-order valence-corrected chi connectivity index (χ4v) is 5.72. The Kier molecular flexibility index (Phi) is 6.45. The maximum absolute atomic E-state index is 12.7. The van der Waals surface area contributed by atoms with E-state index in [0.29, 0.717) is 53.7 Å². The van der Waals surface area contributed by atoms with E-state index in [0.717, 1.165) is 5.56 Å². The van der Waals surface area contributed by atoms with E-state index in [1.165, 1.54) is 0 Å². The first-order valence-corrected chi connectivity index (χ1v) is 11.2. The van der Waals surface area contributed by atoms with Crippen LogP contribution in [0.15, 0.2) is 53.4 Å². The fourth-order valence-electron chi connectivity index (χ4n) is 3.38. The molecular formula is C20H21Cl2NO3S. The Hall–Kier alpha value is -1.56. The van der Waals surface area contributed by atoms with E-state index < -0.39 is 15.1 Å². The van der Waals surface area contributed by atoms with Gasteiger partial charge in [-0.1, -0.05) is 47.5 Å². The molecule has 0 saturated carbocycles. The molecule has 0 bridgehead atoms. The van der Waals surface area contributed by atoms with Crippen molar-refractivity contribution in [3.63, 3.8) is 0 Å². The first kappa shape index (κ1) is 20.2. The second-order valence-corrected chi connectivity index (χ2v) is 9.68. The van der Waals surface area contributed by atoms with Gasteiger partial charge in [-0.25, -0.2) is 8.42 Å². The van der Waals surface area contributed by atoms with Crippen LogP contribution in [0.2, 0.25) is 10.0 Å². The summed E-state index contributed by atoms with van der Waals surface area (Å²) in [6.07, 6.45) is 1.69. The molecule has 0 atom stereocenters. The molecule has 0 N–H and O–H groups in total. The van der Waals surface area contributed by atoms with Crippen molar-refractivity contribution in [1.82, 2.24) is 4.90 Å². The Labute approximate surface area is 170 Å². The molecule has 0 spiro atoms. The van der Waals surface area contributed by atoms with E-state index in [2.05, 4.69) is 0 Å². The Morgan fingerprint density at radius 1 is 0.963 bits per heavy atom. The van der Waals surface area contributed by atoms with Crippen LogP contribution in [0.3, 0.4) is 0 Å². The van der Waals surface area contributed by atoms with Crippen LogP contribution in [-0.2, 0) is 21.1 Å². The van der Waals surface area contributed by atoms with E-state index in [1.54, 1.807) is 53.4 Å². The molecule has 1 aliphatic rings. The van der Waals surface area contributed by atoms with E-state index in [1.807, 2.05) is 0 Å². The van der Waals surface area contributed by atoms with Crippen molar-refractivity contribution < 1.29 is 13.2 Å². The SMILES string of the molecule is O=C(CCc1c(Cl)cccc1Cl)N1CCC(S(=O)(=O)c2ccccc2)CC1. The molecule has 1 amide bonds. The van der Waals surface area contributed by atoms with Gasteiger partial charge in [0.25, 0.3) is 0 Å². The van der Waals surface area contributed by atoms with Crippen LogP contribution in [-0.4, -0.2) is 37.6 Å². The van der Waals surface area contributed by atoms with Gasteiger partial charge >= 0.3 is 0 Å². The molecular weight excluding hydrogens is 405 g/mol. The van der Waals surface area contributed by atoms with E-state index in [9.17, 15) is 13.2 Å². The van der Waals surface area contributed by atoms with Crippen LogP contribution in [0.25, 0.3) is 0 Å². The molecule has 0 aliphatic carbocycles. The normalized spacial score (nSPS) is 15.7. The molecule has 7 heteroatoms. The van der Waals surface area contributed by atoms with Gasteiger partial charge < -0.3 is 4.90 Å². The Bertz CT molecular complexity index is 888. The summed E-state index contributed by atoms with van der Waals surface area (Å²) >= 11 is 12.3. The number of rotatable bonds is 5. The Balaban J connectivity index is 1.57. The third-order valence-electron chi connectivity index (χ3n) is 4.96. The predicted molar refractivity (Wildman–Crippen MR) is 108 cm³/mol. The molecule has 2 aromatic rings. The van der Waals surface area contributed by atoms with E-state index >= 15 is 0 Å². The molecule has 1 heterocycles. The molecule has 1 saturated heterocycles. The highest BCUT2D eigenvalue weighted by molar-refractivity contribution is 7.92. The standard InChI is InChI=1S/C20H21Cl2NO3S/c21-18-7-4-8-19(22)17(18)9-10-20(24)23-13-11-16(12-14-23)27(25,26)15-5-2-1-3-6-15/h1-8,16H,9-14H2. The lowest BCUT2D eigenvalue weighted by Gasteiger charge is -2.32. The second kappa shape index (κ2) is 8.63. The number of hydrogen-bond donors (Lipinski definition) is 0. The number of nitrogens with zero attached hydrogens (tertiary/aromatic N) is 1. The molecule has 2 aromatic carbocycles. The lowest BCUT2D eigenvalue weighted by molar-refractivity contribution is -0.132. The zero-order chi connectivity index (χ0) is 19.4. The largest absolute Gasteiger partial charge is 0.343 e.